The Bertz CT molecular complexity index is 797. The maximum absolute atomic E-state index is 13.2. The van der Waals surface area contributed by atoms with Crippen LogP contribution in [0.25, 0.3) is 0 Å². The molecule has 0 unspecified atom stereocenters. The fraction of sp³-hybridized carbons (Fsp3) is 0.263. The summed E-state index contributed by atoms with van der Waals surface area (Å²) in [6, 6.07) is 12.0. The number of nitrogens with one attached hydrogen (secondary N) is 2. The maximum Gasteiger partial charge on any atom is 0.253 e. The number of hydrogen-bond donors (Lipinski definition) is 2. The van der Waals surface area contributed by atoms with Gasteiger partial charge in [0.15, 0.2) is 5.96 Å². The lowest BCUT2D eigenvalue weighted by Crippen LogP contribution is -2.36. The summed E-state index contributed by atoms with van der Waals surface area (Å²) in [6.07, 6.45) is 0. The molecule has 0 bridgehead atoms. The van der Waals surface area contributed by atoms with Crippen LogP contribution in [0.5, 0.6) is 0 Å². The van der Waals surface area contributed by atoms with E-state index in [1.165, 1.54) is 6.07 Å². The molecule has 2 aromatic carbocycles. The zero-order valence-corrected chi connectivity index (χ0v) is 18.5. The predicted molar refractivity (Wildman–Crippen MR) is 118 cm³/mol. The number of guanidine groups is 1. The second-order valence-electron chi connectivity index (χ2n) is 5.92. The molecule has 0 aliphatic carbocycles. The van der Waals surface area contributed by atoms with Gasteiger partial charge in [-0.15, -0.1) is 24.0 Å². The first-order valence-corrected chi connectivity index (χ1v) is 8.47. The Labute approximate surface area is 181 Å². The molecule has 27 heavy (non-hydrogen) atoms. The highest BCUT2D eigenvalue weighted by molar-refractivity contribution is 14.0. The molecule has 0 saturated heterocycles. The summed E-state index contributed by atoms with van der Waals surface area (Å²) in [5, 5.41) is 6.43. The lowest BCUT2D eigenvalue weighted by atomic mass is 10.1. The summed E-state index contributed by atoms with van der Waals surface area (Å²) in [7, 11) is 5.12. The van der Waals surface area contributed by atoms with Gasteiger partial charge >= 0.3 is 0 Å². The van der Waals surface area contributed by atoms with Crippen molar-refractivity contribution >= 4 is 47.4 Å². The second-order valence-corrected chi connectivity index (χ2v) is 6.33. The third-order valence-electron chi connectivity index (χ3n) is 3.73. The van der Waals surface area contributed by atoms with E-state index in [0.29, 0.717) is 24.6 Å². The first-order valence-electron chi connectivity index (χ1n) is 8.09. The fourth-order valence-electron chi connectivity index (χ4n) is 2.27. The molecule has 146 valence electrons. The van der Waals surface area contributed by atoms with E-state index >= 15 is 0 Å². The minimum Gasteiger partial charge on any atom is -0.352 e. The van der Waals surface area contributed by atoms with Crippen LogP contribution < -0.4 is 10.6 Å². The highest BCUT2D eigenvalue weighted by Gasteiger charge is 2.07. The molecule has 8 heteroatoms. The van der Waals surface area contributed by atoms with Gasteiger partial charge in [-0.25, -0.2) is 4.39 Å². The quantitative estimate of drug-likeness (QED) is 0.371. The summed E-state index contributed by atoms with van der Waals surface area (Å²) in [5.41, 5.74) is 2.52. The van der Waals surface area contributed by atoms with Crippen LogP contribution in [-0.4, -0.2) is 37.9 Å². The number of hydrogen-bond acceptors (Lipinski definition) is 2. The molecule has 0 saturated carbocycles. The van der Waals surface area contributed by atoms with Gasteiger partial charge in [-0.3, -0.25) is 9.79 Å². The van der Waals surface area contributed by atoms with Gasteiger partial charge in [0, 0.05) is 39.8 Å². The van der Waals surface area contributed by atoms with Gasteiger partial charge in [0.05, 0.1) is 5.02 Å². The Kier molecular flexibility index (Phi) is 9.51. The van der Waals surface area contributed by atoms with E-state index in [2.05, 4.69) is 15.6 Å². The van der Waals surface area contributed by atoms with E-state index in [1.54, 1.807) is 50.3 Å². The lowest BCUT2D eigenvalue weighted by molar-refractivity contribution is 0.0827. The Morgan fingerprint density at radius 1 is 1.07 bits per heavy atom. The molecule has 5 nitrogen and oxygen atoms in total. The molecule has 0 spiro atoms. The minimum absolute atomic E-state index is 0. The van der Waals surface area contributed by atoms with Gasteiger partial charge in [-0.05, 0) is 35.4 Å². The summed E-state index contributed by atoms with van der Waals surface area (Å²) in [5.74, 6) is 0.146. The van der Waals surface area contributed by atoms with E-state index < -0.39 is 5.82 Å². The van der Waals surface area contributed by atoms with Crippen molar-refractivity contribution in [2.75, 3.05) is 21.1 Å². The summed E-state index contributed by atoms with van der Waals surface area (Å²) < 4.78 is 13.2. The van der Waals surface area contributed by atoms with Crippen LogP contribution in [0.4, 0.5) is 4.39 Å². The SMILES string of the molecule is CN=C(NCc1ccc(C(=O)N(C)C)cc1)NCc1ccc(F)c(Cl)c1.I. The van der Waals surface area contributed by atoms with E-state index in [4.69, 9.17) is 11.6 Å². The lowest BCUT2D eigenvalue weighted by Gasteiger charge is -2.13. The number of halogens is 3. The van der Waals surface area contributed by atoms with Crippen LogP contribution in [-0.2, 0) is 13.1 Å². The molecule has 2 rings (SSSR count). The van der Waals surface area contributed by atoms with Crippen molar-refractivity contribution in [2.24, 2.45) is 4.99 Å². The monoisotopic (exact) mass is 504 g/mol. The molecule has 2 N–H and O–H groups in total. The van der Waals surface area contributed by atoms with Crippen molar-refractivity contribution in [3.63, 3.8) is 0 Å². The first kappa shape index (κ1) is 23.2. The van der Waals surface area contributed by atoms with Crippen LogP contribution >= 0.6 is 35.6 Å². The van der Waals surface area contributed by atoms with Crippen molar-refractivity contribution in [3.8, 4) is 0 Å². The zero-order valence-electron chi connectivity index (χ0n) is 15.4. The largest absolute Gasteiger partial charge is 0.352 e. The van der Waals surface area contributed by atoms with Crippen LogP contribution in [0.3, 0.4) is 0 Å². The van der Waals surface area contributed by atoms with Gasteiger partial charge in [0.1, 0.15) is 5.82 Å². The highest BCUT2D eigenvalue weighted by Crippen LogP contribution is 2.15. The molecule has 0 fully saturated rings. The van der Waals surface area contributed by atoms with Gasteiger partial charge in [-0.2, -0.15) is 0 Å². The molecular formula is C19H23ClFIN4O. The van der Waals surface area contributed by atoms with Gasteiger partial charge in [0.2, 0.25) is 0 Å². The minimum atomic E-state index is -0.436. The van der Waals surface area contributed by atoms with Crippen LogP contribution in [0.15, 0.2) is 47.5 Å². The third-order valence-corrected chi connectivity index (χ3v) is 4.02. The molecule has 0 aromatic heterocycles. The summed E-state index contributed by atoms with van der Waals surface area (Å²) >= 11 is 5.78. The number of aliphatic imine (C=N–C) groups is 1. The fourth-order valence-corrected chi connectivity index (χ4v) is 2.47. The van der Waals surface area contributed by atoms with E-state index in [0.717, 1.165) is 11.1 Å². The number of rotatable bonds is 5. The Hall–Kier alpha value is -1.87. The standard InChI is InChI=1S/C19H22ClFN4O.HI/c1-22-19(24-12-14-6-9-17(21)16(20)10-14)23-11-13-4-7-15(8-5-13)18(26)25(2)3;/h4-10H,11-12H2,1-3H3,(H2,22,23,24);1H. The average molecular weight is 505 g/mol. The van der Waals surface area contributed by atoms with Crippen molar-refractivity contribution in [1.82, 2.24) is 15.5 Å². The second kappa shape index (κ2) is 11.1. The number of amides is 1. The van der Waals surface area contributed by atoms with Crippen molar-refractivity contribution < 1.29 is 9.18 Å². The number of carbonyl (C=O) groups excluding carboxylic acids is 1. The molecule has 0 aliphatic heterocycles. The van der Waals surface area contributed by atoms with Gasteiger partial charge < -0.3 is 15.5 Å². The van der Waals surface area contributed by atoms with E-state index in [-0.39, 0.29) is 34.9 Å². The number of nitrogens with zero attached hydrogens (tertiary/aromatic N) is 2. The zero-order chi connectivity index (χ0) is 19.1. The van der Waals surface area contributed by atoms with Gasteiger partial charge in [0.25, 0.3) is 5.91 Å². The molecule has 2 aromatic rings. The van der Waals surface area contributed by atoms with Gasteiger partial charge in [-0.1, -0.05) is 29.8 Å². The molecular weight excluding hydrogens is 482 g/mol. The van der Waals surface area contributed by atoms with Crippen molar-refractivity contribution in [1.29, 1.82) is 0 Å². The maximum atomic E-state index is 13.2. The molecule has 0 heterocycles. The Balaban J connectivity index is 0.00000364. The predicted octanol–water partition coefficient (Wildman–Crippen LogP) is 3.66. The summed E-state index contributed by atoms with van der Waals surface area (Å²) in [4.78, 5) is 17.6. The molecule has 0 radical (unpaired) electrons. The average Bonchev–Trinajstić information content (AvgIpc) is 2.64. The van der Waals surface area contributed by atoms with Crippen LogP contribution in [0, 0.1) is 5.82 Å². The molecule has 1 amide bonds. The summed E-state index contributed by atoms with van der Waals surface area (Å²) in [6.45, 7) is 1.02. The van der Waals surface area contributed by atoms with Crippen LogP contribution in [0.1, 0.15) is 21.5 Å². The van der Waals surface area contributed by atoms with E-state index in [9.17, 15) is 9.18 Å². The number of benzene rings is 2. The highest BCUT2D eigenvalue weighted by atomic mass is 127. The number of carbonyl (C=O) groups is 1. The topological polar surface area (TPSA) is 56.7 Å². The third kappa shape index (κ3) is 6.99. The Morgan fingerprint density at radius 2 is 1.63 bits per heavy atom. The van der Waals surface area contributed by atoms with Crippen molar-refractivity contribution in [2.45, 2.75) is 13.1 Å². The van der Waals surface area contributed by atoms with E-state index in [1.807, 2.05) is 12.1 Å². The molecule has 0 atom stereocenters. The normalized spacial score (nSPS) is 10.8. The van der Waals surface area contributed by atoms with Crippen LogP contribution in [0.2, 0.25) is 5.02 Å². The first-order chi connectivity index (χ1) is 12.4. The Morgan fingerprint density at radius 3 is 2.15 bits per heavy atom. The van der Waals surface area contributed by atoms with Crippen molar-refractivity contribution in [3.05, 3.63) is 70.0 Å². The smallest absolute Gasteiger partial charge is 0.253 e. The molecule has 0 aliphatic rings.